The molecule has 0 atom stereocenters. The number of amides is 1. The molecule has 4 rings (SSSR count). The Morgan fingerprint density at radius 2 is 1.86 bits per heavy atom. The van der Waals surface area contributed by atoms with Gasteiger partial charge in [-0.25, -0.2) is 4.68 Å². The van der Waals surface area contributed by atoms with E-state index in [1.165, 1.54) is 0 Å². The predicted octanol–water partition coefficient (Wildman–Crippen LogP) is 5.21. The van der Waals surface area contributed by atoms with E-state index in [-0.39, 0.29) is 11.8 Å². The Bertz CT molecular complexity index is 1020. The van der Waals surface area contributed by atoms with Crippen LogP contribution in [0.4, 0.5) is 5.69 Å². The van der Waals surface area contributed by atoms with Crippen LogP contribution >= 0.6 is 23.2 Å². The number of benzene rings is 2. The molecule has 1 amide bonds. The molecule has 5 nitrogen and oxygen atoms in total. The van der Waals surface area contributed by atoms with Gasteiger partial charge in [-0.3, -0.25) is 4.79 Å². The molecule has 0 spiro atoms. The second kappa shape index (κ2) is 8.57. The van der Waals surface area contributed by atoms with Gasteiger partial charge in [-0.15, -0.1) is 0 Å². The third-order valence-corrected chi connectivity index (χ3v) is 6.03. The Balaban J connectivity index is 1.73. The first-order valence-electron chi connectivity index (χ1n) is 9.65. The minimum Gasteiger partial charge on any atom is -0.322 e. The number of halogens is 2. The Kier molecular flexibility index (Phi) is 5.90. The highest BCUT2D eigenvalue weighted by Crippen LogP contribution is 2.31. The van der Waals surface area contributed by atoms with E-state index in [9.17, 15) is 4.79 Å². The van der Waals surface area contributed by atoms with Crippen molar-refractivity contribution < 1.29 is 4.79 Å². The quantitative estimate of drug-likeness (QED) is 0.599. The van der Waals surface area contributed by atoms with Gasteiger partial charge in [-0.1, -0.05) is 29.3 Å². The topological polar surface area (TPSA) is 59.0 Å². The van der Waals surface area contributed by atoms with Crippen molar-refractivity contribution in [1.29, 1.82) is 0 Å². The number of piperidine rings is 1. The van der Waals surface area contributed by atoms with Crippen LogP contribution in [0.3, 0.4) is 0 Å². The maximum Gasteiger partial charge on any atom is 0.259 e. The average molecular weight is 429 g/mol. The van der Waals surface area contributed by atoms with Gasteiger partial charge < -0.3 is 10.6 Å². The van der Waals surface area contributed by atoms with Crippen LogP contribution in [-0.4, -0.2) is 28.8 Å². The molecule has 1 aliphatic heterocycles. The van der Waals surface area contributed by atoms with Crippen LogP contribution in [0.1, 0.15) is 40.4 Å². The summed E-state index contributed by atoms with van der Waals surface area (Å²) in [4.78, 5) is 13.2. The number of carbonyl (C=O) groups excluding carboxylic acids is 1. The number of nitrogens with zero attached hydrogens (tertiary/aromatic N) is 2. The number of hydrogen-bond donors (Lipinski definition) is 2. The van der Waals surface area contributed by atoms with Crippen molar-refractivity contribution in [3.63, 3.8) is 0 Å². The van der Waals surface area contributed by atoms with Gasteiger partial charge >= 0.3 is 0 Å². The monoisotopic (exact) mass is 428 g/mol. The van der Waals surface area contributed by atoms with Crippen molar-refractivity contribution in [2.45, 2.75) is 25.7 Å². The molecule has 2 heterocycles. The van der Waals surface area contributed by atoms with Crippen molar-refractivity contribution in [1.82, 2.24) is 15.1 Å². The van der Waals surface area contributed by atoms with Gasteiger partial charge in [0.1, 0.15) is 0 Å². The fourth-order valence-electron chi connectivity index (χ4n) is 3.74. The lowest BCUT2D eigenvalue weighted by Gasteiger charge is -2.24. The van der Waals surface area contributed by atoms with Gasteiger partial charge in [0.2, 0.25) is 0 Å². The summed E-state index contributed by atoms with van der Waals surface area (Å²) >= 11 is 12.3. The third-order valence-electron chi connectivity index (χ3n) is 5.36. The van der Waals surface area contributed by atoms with E-state index in [2.05, 4.69) is 15.7 Å². The average Bonchev–Trinajstić information content (AvgIpc) is 3.18. The van der Waals surface area contributed by atoms with Crippen LogP contribution in [0.15, 0.2) is 48.7 Å². The second-order valence-electron chi connectivity index (χ2n) is 7.22. The molecular formula is C22H22Cl2N4O. The zero-order valence-electron chi connectivity index (χ0n) is 16.1. The van der Waals surface area contributed by atoms with Gasteiger partial charge in [-0.2, -0.15) is 5.10 Å². The molecule has 2 aromatic carbocycles. The van der Waals surface area contributed by atoms with Crippen LogP contribution in [0, 0.1) is 6.92 Å². The molecule has 0 saturated carbocycles. The van der Waals surface area contributed by atoms with E-state index in [0.717, 1.165) is 42.9 Å². The Morgan fingerprint density at radius 3 is 2.59 bits per heavy atom. The highest BCUT2D eigenvalue weighted by atomic mass is 35.5. The smallest absolute Gasteiger partial charge is 0.259 e. The zero-order valence-corrected chi connectivity index (χ0v) is 17.6. The lowest BCUT2D eigenvalue weighted by Crippen LogP contribution is -2.29. The first-order valence-corrected chi connectivity index (χ1v) is 10.4. The van der Waals surface area contributed by atoms with Crippen molar-refractivity contribution in [2.75, 3.05) is 18.4 Å². The predicted molar refractivity (Wildman–Crippen MR) is 118 cm³/mol. The number of anilines is 1. The van der Waals surface area contributed by atoms with E-state index >= 15 is 0 Å². The van der Waals surface area contributed by atoms with Crippen LogP contribution in [-0.2, 0) is 0 Å². The summed E-state index contributed by atoms with van der Waals surface area (Å²) in [6, 6.07) is 13.0. The Morgan fingerprint density at radius 1 is 1.14 bits per heavy atom. The third kappa shape index (κ3) is 4.17. The maximum absolute atomic E-state index is 13.2. The van der Waals surface area contributed by atoms with Gasteiger partial charge in [0.05, 0.1) is 23.1 Å². The van der Waals surface area contributed by atoms with E-state index in [1.54, 1.807) is 6.20 Å². The standard InChI is InChI=1S/C22H22Cl2N4O/c1-14-19(24)3-2-4-20(14)27-22(29)18-13-26-28(17-7-5-16(23)6-8-17)21(18)15-9-11-25-12-10-15/h2-8,13,15,25H,9-12H2,1H3,(H,27,29). The Labute approximate surface area is 180 Å². The fourth-order valence-corrected chi connectivity index (χ4v) is 4.04. The minimum atomic E-state index is -0.177. The van der Waals surface area contributed by atoms with Gasteiger partial charge in [0, 0.05) is 21.7 Å². The van der Waals surface area contributed by atoms with Gasteiger partial charge in [0.15, 0.2) is 0 Å². The highest BCUT2D eigenvalue weighted by molar-refractivity contribution is 6.32. The molecule has 150 valence electrons. The molecule has 0 bridgehead atoms. The molecule has 0 radical (unpaired) electrons. The molecule has 1 fully saturated rings. The number of aromatic nitrogens is 2. The summed E-state index contributed by atoms with van der Waals surface area (Å²) in [5.41, 5.74) is 3.96. The van der Waals surface area contributed by atoms with E-state index in [1.807, 2.05) is 54.1 Å². The molecule has 2 N–H and O–H groups in total. The lowest BCUT2D eigenvalue weighted by molar-refractivity contribution is 0.102. The summed E-state index contributed by atoms with van der Waals surface area (Å²) in [6.45, 7) is 3.73. The fraction of sp³-hybridized carbons (Fsp3) is 0.273. The first kappa shape index (κ1) is 20.0. The SMILES string of the molecule is Cc1c(Cl)cccc1NC(=O)c1cnn(-c2ccc(Cl)cc2)c1C1CCNCC1. The van der Waals surface area contributed by atoms with Crippen LogP contribution < -0.4 is 10.6 Å². The number of carbonyl (C=O) groups is 1. The summed E-state index contributed by atoms with van der Waals surface area (Å²) in [5, 5.41) is 12.2. The van der Waals surface area contributed by atoms with E-state index in [0.29, 0.717) is 21.3 Å². The molecular weight excluding hydrogens is 407 g/mol. The molecule has 0 unspecified atom stereocenters. The molecule has 1 aromatic heterocycles. The van der Waals surface area contributed by atoms with Crippen LogP contribution in [0.5, 0.6) is 0 Å². The van der Waals surface area contributed by atoms with E-state index < -0.39 is 0 Å². The van der Waals surface area contributed by atoms with Crippen molar-refractivity contribution in [3.05, 3.63) is 75.5 Å². The van der Waals surface area contributed by atoms with Gasteiger partial charge in [0.25, 0.3) is 5.91 Å². The molecule has 29 heavy (non-hydrogen) atoms. The minimum absolute atomic E-state index is 0.177. The number of nitrogens with one attached hydrogen (secondary N) is 2. The van der Waals surface area contributed by atoms with Crippen molar-refractivity contribution in [3.8, 4) is 5.69 Å². The first-order chi connectivity index (χ1) is 14.0. The molecule has 1 aliphatic rings. The highest BCUT2D eigenvalue weighted by Gasteiger charge is 2.27. The lowest BCUT2D eigenvalue weighted by atomic mass is 9.91. The molecule has 3 aromatic rings. The van der Waals surface area contributed by atoms with Gasteiger partial charge in [-0.05, 0) is 74.8 Å². The summed E-state index contributed by atoms with van der Waals surface area (Å²) in [6.07, 6.45) is 3.56. The largest absolute Gasteiger partial charge is 0.322 e. The Hall–Kier alpha value is -2.34. The normalized spacial score (nSPS) is 14.7. The zero-order chi connectivity index (χ0) is 20.4. The maximum atomic E-state index is 13.2. The summed E-state index contributed by atoms with van der Waals surface area (Å²) in [7, 11) is 0. The molecule has 7 heteroatoms. The number of rotatable bonds is 4. The van der Waals surface area contributed by atoms with E-state index in [4.69, 9.17) is 23.2 Å². The van der Waals surface area contributed by atoms with Crippen LogP contribution in [0.25, 0.3) is 5.69 Å². The molecule has 1 saturated heterocycles. The number of hydrogen-bond acceptors (Lipinski definition) is 3. The van der Waals surface area contributed by atoms with Crippen LogP contribution in [0.2, 0.25) is 10.0 Å². The van der Waals surface area contributed by atoms with Crippen molar-refractivity contribution >= 4 is 34.8 Å². The molecule has 0 aliphatic carbocycles. The van der Waals surface area contributed by atoms with Crippen molar-refractivity contribution in [2.24, 2.45) is 0 Å². The summed E-state index contributed by atoms with van der Waals surface area (Å²) < 4.78 is 1.87. The summed E-state index contributed by atoms with van der Waals surface area (Å²) in [5.74, 6) is 0.0692. The second-order valence-corrected chi connectivity index (χ2v) is 8.07.